The maximum atomic E-state index is 11.8. The molecule has 4 aliphatic rings. The Kier molecular flexibility index (Phi) is 5.52. The molecule has 0 bridgehead atoms. The molecule has 2 unspecified atom stereocenters. The zero-order valence-corrected chi connectivity index (χ0v) is 19.8. The van der Waals surface area contributed by atoms with E-state index in [1.807, 2.05) is 0 Å². The van der Waals surface area contributed by atoms with E-state index in [2.05, 4.69) is 25.8 Å². The van der Waals surface area contributed by atoms with E-state index >= 15 is 0 Å². The van der Waals surface area contributed by atoms with Gasteiger partial charge < -0.3 is 14.7 Å². The van der Waals surface area contributed by atoms with Crippen LogP contribution in [0.15, 0.2) is 14.1 Å². The van der Waals surface area contributed by atoms with E-state index in [0.717, 1.165) is 36.8 Å². The Labute approximate surface area is 189 Å². The smallest absolute Gasteiger partial charge is 0.393 e. The van der Waals surface area contributed by atoms with Crippen molar-refractivity contribution in [3.8, 4) is 0 Å². The molecule has 5 rings (SSSR count). The van der Waals surface area contributed by atoms with Crippen molar-refractivity contribution in [1.29, 1.82) is 0 Å². The van der Waals surface area contributed by atoms with E-state index < -0.39 is 11.4 Å². The van der Waals surface area contributed by atoms with Gasteiger partial charge in [0.1, 0.15) is 0 Å². The molecule has 4 aliphatic carbocycles. The Bertz CT molecular complexity index is 951. The summed E-state index contributed by atoms with van der Waals surface area (Å²) in [6.45, 7) is 7.60. The molecule has 4 fully saturated rings. The molecule has 10 atom stereocenters. The second kappa shape index (κ2) is 7.86. The summed E-state index contributed by atoms with van der Waals surface area (Å²) in [4.78, 5) is 25.2. The third-order valence-electron chi connectivity index (χ3n) is 10.8. The van der Waals surface area contributed by atoms with Gasteiger partial charge in [-0.15, -0.1) is 0 Å². The van der Waals surface area contributed by atoms with Crippen molar-refractivity contribution in [3.63, 3.8) is 0 Å². The predicted octanol–water partition coefficient (Wildman–Crippen LogP) is 3.15. The summed E-state index contributed by atoms with van der Waals surface area (Å²) in [6, 6.07) is 0. The van der Waals surface area contributed by atoms with Crippen LogP contribution in [0.4, 0.5) is 0 Å². The van der Waals surface area contributed by atoms with Crippen molar-refractivity contribution in [3.05, 3.63) is 21.0 Å². The average Bonchev–Trinajstić information content (AvgIpc) is 3.25. The van der Waals surface area contributed by atoms with Gasteiger partial charge in [-0.3, -0.25) is 0 Å². The van der Waals surface area contributed by atoms with Crippen LogP contribution in [0.2, 0.25) is 0 Å². The minimum Gasteiger partial charge on any atom is -0.393 e. The van der Waals surface area contributed by atoms with Gasteiger partial charge in [-0.2, -0.15) is 4.74 Å². The van der Waals surface area contributed by atoms with Crippen LogP contribution in [0.25, 0.3) is 0 Å². The average molecular weight is 449 g/mol. The van der Waals surface area contributed by atoms with Crippen LogP contribution in [-0.2, 0) is 6.54 Å². The molecule has 0 saturated heterocycles. The lowest BCUT2D eigenvalue weighted by molar-refractivity contribution is -0.174. The monoisotopic (exact) mass is 448 g/mol. The molecule has 1 aromatic heterocycles. The molecule has 0 aromatic carbocycles. The topological polar surface area (TPSA) is 108 Å². The first kappa shape index (κ1) is 22.5. The van der Waals surface area contributed by atoms with Crippen molar-refractivity contribution < 1.29 is 14.7 Å². The zero-order valence-electron chi connectivity index (χ0n) is 19.8. The number of nitrogens with one attached hydrogen (secondary N) is 1. The fourth-order valence-electron chi connectivity index (χ4n) is 9.16. The largest absolute Gasteiger partial charge is 0.440 e. The summed E-state index contributed by atoms with van der Waals surface area (Å²) in [5.41, 5.74) is -0.00623. The van der Waals surface area contributed by atoms with Gasteiger partial charge in [0.15, 0.2) is 0 Å². The SMILES string of the molecule is C[C@H](CCn1oc(=O)[nH]c1=O)C1CC[C@H]2[C@@H]3[C@H](O)CC4C[C@H](O)CC[C@]4(C)[C@H]3CC[C@]12C. The summed E-state index contributed by atoms with van der Waals surface area (Å²) >= 11 is 0. The lowest BCUT2D eigenvalue weighted by atomic mass is 9.43. The molecule has 7 heteroatoms. The number of aromatic amines is 1. The number of fused-ring (bicyclic) bond motifs is 5. The van der Waals surface area contributed by atoms with Crippen molar-refractivity contribution in [2.24, 2.45) is 46.3 Å². The lowest BCUT2D eigenvalue weighted by Gasteiger charge is -2.62. The van der Waals surface area contributed by atoms with Crippen LogP contribution in [0.5, 0.6) is 0 Å². The highest BCUT2D eigenvalue weighted by Gasteiger charge is 2.62. The normalized spacial score (nSPS) is 46.8. The van der Waals surface area contributed by atoms with E-state index in [1.165, 1.54) is 25.7 Å². The molecule has 3 N–H and O–H groups in total. The Morgan fingerprint density at radius 3 is 2.50 bits per heavy atom. The van der Waals surface area contributed by atoms with Crippen molar-refractivity contribution >= 4 is 0 Å². The molecule has 0 aliphatic heterocycles. The standard InChI is InChI=1S/C25H40N2O5/c1-14(8-11-27-22(30)26-23(31)32-27)17-4-5-18-21-19(7-10-25(17,18)3)24(2)9-6-16(28)12-15(24)13-20(21)29/h14-21,28-29H,4-13H2,1-3H3,(H,26,30,31)/t14-,15?,16-,17?,18+,19+,20-,21+,24+,25-/m1/s1. The van der Waals surface area contributed by atoms with Crippen molar-refractivity contribution in [2.45, 2.75) is 97.3 Å². The minimum absolute atomic E-state index is 0.195. The van der Waals surface area contributed by atoms with Crippen molar-refractivity contribution in [2.75, 3.05) is 0 Å². The van der Waals surface area contributed by atoms with Gasteiger partial charge in [0.05, 0.1) is 18.8 Å². The van der Waals surface area contributed by atoms with Crippen LogP contribution in [0.3, 0.4) is 0 Å². The molecule has 4 saturated carbocycles. The quantitative estimate of drug-likeness (QED) is 0.656. The number of hydrogen-bond acceptors (Lipinski definition) is 5. The van der Waals surface area contributed by atoms with E-state index in [1.54, 1.807) is 0 Å². The highest BCUT2D eigenvalue weighted by Crippen LogP contribution is 2.68. The maximum Gasteiger partial charge on any atom is 0.440 e. The summed E-state index contributed by atoms with van der Waals surface area (Å²) in [7, 11) is 0. The highest BCUT2D eigenvalue weighted by atomic mass is 16.5. The first-order valence-corrected chi connectivity index (χ1v) is 12.8. The van der Waals surface area contributed by atoms with Crippen molar-refractivity contribution in [1.82, 2.24) is 9.72 Å². The molecule has 0 radical (unpaired) electrons. The summed E-state index contributed by atoms with van der Waals surface area (Å²) in [6.07, 6.45) is 8.77. The highest BCUT2D eigenvalue weighted by molar-refractivity contribution is 5.11. The second-order valence-electron chi connectivity index (χ2n) is 12.1. The number of aliphatic hydroxyl groups is 2. The number of hydrogen-bond donors (Lipinski definition) is 3. The van der Waals surface area contributed by atoms with Crippen LogP contribution in [0, 0.1) is 46.3 Å². The Balaban J connectivity index is 1.33. The second-order valence-corrected chi connectivity index (χ2v) is 12.1. The van der Waals surface area contributed by atoms with Crippen LogP contribution >= 0.6 is 0 Å². The Hall–Kier alpha value is -1.34. The first-order valence-electron chi connectivity index (χ1n) is 12.8. The number of aliphatic hydroxyl groups excluding tert-OH is 2. The van der Waals surface area contributed by atoms with Gasteiger partial charge in [-0.05, 0) is 104 Å². The van der Waals surface area contributed by atoms with Gasteiger partial charge in [-0.25, -0.2) is 14.6 Å². The van der Waals surface area contributed by atoms with Crippen LogP contribution < -0.4 is 11.4 Å². The molecule has 1 aromatic rings. The third-order valence-corrected chi connectivity index (χ3v) is 10.8. The van der Waals surface area contributed by atoms with Crippen LogP contribution in [0.1, 0.15) is 78.6 Å². The zero-order chi connectivity index (χ0) is 22.8. The number of H-pyrrole nitrogens is 1. The fourth-order valence-corrected chi connectivity index (χ4v) is 9.16. The molecule has 1 heterocycles. The number of nitrogens with zero attached hydrogens (tertiary/aromatic N) is 1. The van der Waals surface area contributed by atoms with E-state index in [4.69, 9.17) is 4.52 Å². The van der Waals surface area contributed by atoms with Gasteiger partial charge >= 0.3 is 11.4 Å². The van der Waals surface area contributed by atoms with E-state index in [0.29, 0.717) is 42.1 Å². The molecule has 0 amide bonds. The minimum atomic E-state index is -0.692. The molecular weight excluding hydrogens is 408 g/mol. The van der Waals surface area contributed by atoms with Gasteiger partial charge in [0.25, 0.3) is 0 Å². The van der Waals surface area contributed by atoms with E-state index in [9.17, 15) is 19.8 Å². The lowest BCUT2D eigenvalue weighted by Crippen LogP contribution is -2.58. The number of rotatable bonds is 4. The Morgan fingerprint density at radius 2 is 1.78 bits per heavy atom. The van der Waals surface area contributed by atoms with Gasteiger partial charge in [0, 0.05) is 0 Å². The molecule has 180 valence electrons. The summed E-state index contributed by atoms with van der Waals surface area (Å²) in [5.74, 6) is 2.19. The summed E-state index contributed by atoms with van der Waals surface area (Å²) < 4.78 is 6.10. The number of aryl methyl sites for hydroxylation is 1. The molecule has 7 nitrogen and oxygen atoms in total. The van der Waals surface area contributed by atoms with Crippen LogP contribution in [-0.4, -0.2) is 32.1 Å². The molecule has 32 heavy (non-hydrogen) atoms. The summed E-state index contributed by atoms with van der Waals surface area (Å²) in [5, 5.41) is 21.6. The third kappa shape index (κ3) is 3.37. The van der Waals surface area contributed by atoms with Gasteiger partial charge in [0.2, 0.25) is 0 Å². The predicted molar refractivity (Wildman–Crippen MR) is 120 cm³/mol. The first-order chi connectivity index (χ1) is 15.1. The van der Waals surface area contributed by atoms with E-state index in [-0.39, 0.29) is 23.0 Å². The number of aromatic nitrogens is 2. The maximum absolute atomic E-state index is 11.8. The molecule has 0 spiro atoms. The Morgan fingerprint density at radius 1 is 1.06 bits per heavy atom. The fraction of sp³-hybridized carbons (Fsp3) is 0.920. The molecular formula is C25H40N2O5. The van der Waals surface area contributed by atoms with Gasteiger partial charge in [-0.1, -0.05) is 20.8 Å².